The molecule has 13 heteroatoms. The molecule has 316 valence electrons. The second-order valence-electron chi connectivity index (χ2n) is 15.1. The van der Waals surface area contributed by atoms with Crippen LogP contribution in [0.1, 0.15) is 74.5 Å². The van der Waals surface area contributed by atoms with Crippen LogP contribution in [0.3, 0.4) is 0 Å². The van der Waals surface area contributed by atoms with Crippen LogP contribution >= 0.6 is 0 Å². The summed E-state index contributed by atoms with van der Waals surface area (Å²) in [6.45, 7) is 6.64. The fraction of sp³-hybridized carbons (Fsp3) is 0.457. The highest BCUT2D eigenvalue weighted by Crippen LogP contribution is 2.62. The van der Waals surface area contributed by atoms with E-state index in [4.69, 9.17) is 23.8 Å². The van der Waals surface area contributed by atoms with E-state index in [1.54, 1.807) is 35.2 Å². The maximum atomic E-state index is 14.1. The van der Waals surface area contributed by atoms with E-state index in [1.165, 1.54) is 19.2 Å². The third-order valence-electron chi connectivity index (χ3n) is 11.5. The Bertz CT molecular complexity index is 1940. The summed E-state index contributed by atoms with van der Waals surface area (Å²) in [7, 11) is 1.31. The Labute approximate surface area is 345 Å². The zero-order valence-corrected chi connectivity index (χ0v) is 33.9. The lowest BCUT2D eigenvalue weighted by Gasteiger charge is -2.59. The van der Waals surface area contributed by atoms with Gasteiger partial charge in [-0.15, -0.1) is 6.58 Å². The highest BCUT2D eigenvalue weighted by Gasteiger charge is 2.65. The van der Waals surface area contributed by atoms with E-state index in [0.29, 0.717) is 42.2 Å². The zero-order chi connectivity index (χ0) is 41.8. The molecule has 2 amide bonds. The molecule has 0 radical (unpaired) electrons. The van der Waals surface area contributed by atoms with Crippen LogP contribution < -0.4 is 14.8 Å². The lowest BCUT2D eigenvalue weighted by Crippen LogP contribution is -2.70. The molecule has 0 spiro atoms. The number of nitrogens with one attached hydrogen (secondary N) is 1. The van der Waals surface area contributed by atoms with Gasteiger partial charge >= 0.3 is 12.2 Å². The molecule has 0 saturated heterocycles. The molecule has 0 bridgehead atoms. The summed E-state index contributed by atoms with van der Waals surface area (Å²) in [6, 6.07) is 19.9. The standard InChI is InChI=1S/C46H56FN3O9/c1-4-25-56-46-41(50(45(54)55-3)30-32-17-19-34(47)20-18-32)28-39(49-57-5-2)37-26-33(15-9-11-23-51)36(16-10-12-24-52)42(43(37)46)38-27-35(21-22-40(38)59-46)58-44(53)48-29-31-13-7-6-8-14-31/h4,6-8,13-14,17-22,26-27,33,36,41-43,51-52H,1,5,9-12,15-16,23-25,28-30H2,2-3H3,(H,48,53). The van der Waals surface area contributed by atoms with Gasteiger partial charge in [-0.2, -0.15) is 0 Å². The SMILES string of the molecule is C=CCOC12Oc3ccc(OC(=O)NCc4ccccc4)cc3C3C(CCCCO)C(CCCCO)C=C(C(=NOCC)CC1N(Cc1ccc(F)cc1)C(=O)OC)C32. The number of amides is 2. The number of fused-ring (bicyclic) bond motifs is 2. The van der Waals surface area contributed by atoms with Crippen molar-refractivity contribution in [1.29, 1.82) is 0 Å². The monoisotopic (exact) mass is 813 g/mol. The van der Waals surface area contributed by atoms with Gasteiger partial charge in [-0.3, -0.25) is 4.90 Å². The van der Waals surface area contributed by atoms with E-state index in [9.17, 15) is 24.2 Å². The molecule has 12 nitrogen and oxygen atoms in total. The van der Waals surface area contributed by atoms with Gasteiger partial charge < -0.3 is 39.3 Å². The molecule has 1 saturated carbocycles. The maximum Gasteiger partial charge on any atom is 0.412 e. The number of aliphatic hydroxyl groups is 2. The first-order chi connectivity index (χ1) is 28.8. The van der Waals surface area contributed by atoms with Crippen LogP contribution in [0.5, 0.6) is 11.5 Å². The molecular formula is C46H56FN3O9. The quantitative estimate of drug-likeness (QED) is 0.0622. The number of carbonyl (C=O) groups is 2. The minimum atomic E-state index is -1.53. The van der Waals surface area contributed by atoms with Gasteiger partial charge in [-0.05, 0) is 91.5 Å². The fourth-order valence-corrected chi connectivity index (χ4v) is 8.97. The Hall–Kier alpha value is -5.24. The number of benzene rings is 3. The lowest BCUT2D eigenvalue weighted by molar-refractivity contribution is -0.256. The fourth-order valence-electron chi connectivity index (χ4n) is 8.97. The molecule has 1 aliphatic heterocycles. The van der Waals surface area contributed by atoms with E-state index >= 15 is 0 Å². The summed E-state index contributed by atoms with van der Waals surface area (Å²) in [5.41, 5.74) is 3.87. The number of methoxy groups -OCH3 is 1. The van der Waals surface area contributed by atoms with Gasteiger partial charge in [-0.1, -0.05) is 72.6 Å². The topological polar surface area (TPSA) is 148 Å². The van der Waals surface area contributed by atoms with Crippen LogP contribution in [0, 0.1) is 23.6 Å². The number of allylic oxidation sites excluding steroid dienone is 1. The predicted octanol–water partition coefficient (Wildman–Crippen LogP) is 8.04. The number of rotatable bonds is 19. The van der Waals surface area contributed by atoms with Crippen molar-refractivity contribution in [1.82, 2.24) is 10.2 Å². The second kappa shape index (κ2) is 20.6. The number of unbranched alkanes of at least 4 members (excludes halogenated alkanes) is 2. The smallest absolute Gasteiger partial charge is 0.412 e. The molecule has 3 aromatic rings. The lowest BCUT2D eigenvalue weighted by atomic mass is 9.55. The van der Waals surface area contributed by atoms with Crippen LogP contribution in [-0.2, 0) is 27.4 Å². The summed E-state index contributed by atoms with van der Waals surface area (Å²) in [5, 5.41) is 27.2. The number of nitrogens with zero attached hydrogens (tertiary/aromatic N) is 2. The van der Waals surface area contributed by atoms with Crippen molar-refractivity contribution < 1.29 is 48.0 Å². The maximum absolute atomic E-state index is 14.1. The van der Waals surface area contributed by atoms with Crippen molar-refractivity contribution >= 4 is 17.9 Å². The molecule has 6 unspecified atom stereocenters. The first kappa shape index (κ1) is 43.3. The normalized spacial score (nSPS) is 23.5. The highest BCUT2D eigenvalue weighted by molar-refractivity contribution is 6.03. The van der Waals surface area contributed by atoms with Gasteiger partial charge in [0.25, 0.3) is 0 Å². The van der Waals surface area contributed by atoms with Gasteiger partial charge in [0.2, 0.25) is 5.79 Å². The van der Waals surface area contributed by atoms with Crippen molar-refractivity contribution in [3.05, 3.63) is 120 Å². The highest BCUT2D eigenvalue weighted by atomic mass is 19.1. The van der Waals surface area contributed by atoms with E-state index in [1.807, 2.05) is 43.3 Å². The van der Waals surface area contributed by atoms with E-state index in [-0.39, 0.29) is 57.1 Å². The number of aliphatic hydroxyl groups excluding tert-OH is 2. The van der Waals surface area contributed by atoms with Crippen molar-refractivity contribution in [2.45, 2.75) is 82.7 Å². The first-order valence-electron chi connectivity index (χ1n) is 20.6. The van der Waals surface area contributed by atoms with E-state index in [0.717, 1.165) is 42.4 Å². The van der Waals surface area contributed by atoms with Crippen molar-refractivity contribution in [3.63, 3.8) is 0 Å². The number of hydrogen-bond donors (Lipinski definition) is 3. The molecule has 6 atom stereocenters. The third kappa shape index (κ3) is 9.97. The third-order valence-corrected chi connectivity index (χ3v) is 11.5. The molecule has 3 aliphatic rings. The molecule has 1 fully saturated rings. The van der Waals surface area contributed by atoms with Crippen LogP contribution in [0.15, 0.2) is 102 Å². The Morgan fingerprint density at radius 2 is 1.76 bits per heavy atom. The van der Waals surface area contributed by atoms with Crippen molar-refractivity contribution in [2.75, 3.05) is 33.5 Å². The Balaban J connectivity index is 1.53. The van der Waals surface area contributed by atoms with Crippen LogP contribution in [-0.4, -0.2) is 78.4 Å². The van der Waals surface area contributed by atoms with Gasteiger partial charge in [0.1, 0.15) is 30.0 Å². The molecule has 59 heavy (non-hydrogen) atoms. The second-order valence-corrected chi connectivity index (χ2v) is 15.1. The molecule has 0 aromatic heterocycles. The summed E-state index contributed by atoms with van der Waals surface area (Å²) < 4.78 is 39.6. The summed E-state index contributed by atoms with van der Waals surface area (Å²) >= 11 is 0. The average molecular weight is 814 g/mol. The van der Waals surface area contributed by atoms with Crippen molar-refractivity contribution in [2.24, 2.45) is 22.9 Å². The molecular weight excluding hydrogens is 758 g/mol. The number of carbonyl (C=O) groups excluding carboxylic acids is 2. The molecule has 2 aliphatic carbocycles. The van der Waals surface area contributed by atoms with Crippen LogP contribution in [0.2, 0.25) is 0 Å². The van der Waals surface area contributed by atoms with Crippen LogP contribution in [0.25, 0.3) is 0 Å². The summed E-state index contributed by atoms with van der Waals surface area (Å²) in [6.07, 6.45) is 7.06. The van der Waals surface area contributed by atoms with Crippen LogP contribution in [0.4, 0.5) is 14.0 Å². The zero-order valence-electron chi connectivity index (χ0n) is 33.9. The Morgan fingerprint density at radius 1 is 1.02 bits per heavy atom. The van der Waals surface area contributed by atoms with Gasteiger partial charge in [0.05, 0.1) is 25.3 Å². The molecule has 1 heterocycles. The minimum Gasteiger partial charge on any atom is -0.459 e. The summed E-state index contributed by atoms with van der Waals surface area (Å²) in [4.78, 5) is 34.5. The van der Waals surface area contributed by atoms with Crippen molar-refractivity contribution in [3.8, 4) is 11.5 Å². The summed E-state index contributed by atoms with van der Waals surface area (Å²) in [5.74, 6) is -2.06. The Morgan fingerprint density at radius 3 is 2.46 bits per heavy atom. The molecule has 6 rings (SSSR count). The van der Waals surface area contributed by atoms with Gasteiger partial charge in [0, 0.05) is 44.2 Å². The number of ether oxygens (including phenoxy) is 4. The van der Waals surface area contributed by atoms with Gasteiger partial charge in [0.15, 0.2) is 0 Å². The van der Waals surface area contributed by atoms with Gasteiger partial charge in [-0.25, -0.2) is 14.0 Å². The average Bonchev–Trinajstić information content (AvgIpc) is 3.25. The minimum absolute atomic E-state index is 0.0117. The molecule has 3 aromatic carbocycles. The van der Waals surface area contributed by atoms with E-state index < -0.39 is 35.8 Å². The number of hydrogen-bond acceptors (Lipinski definition) is 10. The Kier molecular flexibility index (Phi) is 15.2. The first-order valence-corrected chi connectivity index (χ1v) is 20.6. The molecule has 3 N–H and O–H groups in total. The predicted molar refractivity (Wildman–Crippen MR) is 220 cm³/mol. The van der Waals surface area contributed by atoms with E-state index in [2.05, 4.69) is 23.1 Å². The number of oxime groups is 1. The largest absolute Gasteiger partial charge is 0.459 e. The number of halogens is 1.